The fraction of sp³-hybridized carbons (Fsp3) is 0.214. The molecule has 0 spiro atoms. The summed E-state index contributed by atoms with van der Waals surface area (Å²) in [6.07, 6.45) is 11.5. The Labute approximate surface area is 229 Å². The Bertz CT molecular complexity index is 944. The molecule has 0 aromatic heterocycles. The van der Waals surface area contributed by atoms with E-state index in [4.69, 9.17) is 5.29 Å². The van der Waals surface area contributed by atoms with Crippen molar-refractivity contribution in [1.29, 1.82) is 0 Å². The molecule has 0 aliphatic carbocycles. The predicted molar refractivity (Wildman–Crippen MR) is 128 cm³/mol. The summed E-state index contributed by atoms with van der Waals surface area (Å²) in [5, 5.41) is 0. The summed E-state index contributed by atoms with van der Waals surface area (Å²) in [5.74, 6) is -1.37. The molecule has 34 heavy (non-hydrogen) atoms. The number of hydrogen-bond donors (Lipinski definition) is 0. The van der Waals surface area contributed by atoms with Crippen LogP contribution < -0.4 is 6.14 Å². The topological polar surface area (TPSA) is 52.6 Å². The van der Waals surface area contributed by atoms with Gasteiger partial charge >= 0.3 is 231 Å². The first-order chi connectivity index (χ1) is 16.5. The molecule has 0 saturated carbocycles. The number of hydrogen-bond acceptors (Lipinski definition) is 4. The molecule has 0 heterocycles. The summed E-state index contributed by atoms with van der Waals surface area (Å²) in [7, 11) is 0. The molecule has 2 rings (SSSR count). The van der Waals surface area contributed by atoms with Gasteiger partial charge in [-0.1, -0.05) is 0 Å². The Morgan fingerprint density at radius 2 is 1.26 bits per heavy atom. The van der Waals surface area contributed by atoms with Crippen molar-refractivity contribution in [2.45, 2.75) is 25.7 Å². The standard InChI is InChI=1S/C16H22O4.2C6H5.2Hg/c1-4-8-16(9-5-2,10-6-3)11-7-13(15(19)20)12-14(17)18;2*1-2-4-6-5-3-1;;/h4-7,11,13H,1-3,8-10,12H2,(H,17,18)(H,19,20);2*1-5H;;/q;;;2*+1/p-2. The normalized spacial score (nSPS) is 11.5. The molecule has 0 aliphatic rings. The third-order valence-corrected chi connectivity index (χ3v) is 15.2. The second-order valence-electron chi connectivity index (χ2n) is 8.25. The van der Waals surface area contributed by atoms with Crippen molar-refractivity contribution in [1.82, 2.24) is 0 Å². The van der Waals surface area contributed by atoms with E-state index >= 15 is 0 Å². The Morgan fingerprint density at radius 3 is 1.74 bits per heavy atom. The van der Waals surface area contributed by atoms with Crippen LogP contribution in [0.5, 0.6) is 0 Å². The van der Waals surface area contributed by atoms with E-state index in [2.05, 4.69) is 19.7 Å². The second kappa shape index (κ2) is 16.0. The van der Waals surface area contributed by atoms with E-state index in [1.54, 1.807) is 0 Å². The van der Waals surface area contributed by atoms with Gasteiger partial charge in [-0.05, 0) is 0 Å². The van der Waals surface area contributed by atoms with Gasteiger partial charge in [0.1, 0.15) is 0 Å². The van der Waals surface area contributed by atoms with Gasteiger partial charge in [-0.2, -0.15) is 0 Å². The minimum atomic E-state index is -2.07. The van der Waals surface area contributed by atoms with E-state index in [0.29, 0.717) is 19.3 Å². The molecule has 0 amide bonds. The van der Waals surface area contributed by atoms with Gasteiger partial charge in [-0.25, -0.2) is 0 Å². The van der Waals surface area contributed by atoms with Crippen LogP contribution in [-0.4, -0.2) is 11.9 Å². The average molecular weight is 832 g/mol. The molecule has 2 aromatic rings. The second-order valence-corrected chi connectivity index (χ2v) is 19.1. The van der Waals surface area contributed by atoms with Crippen LogP contribution in [-0.2, 0) is 64.9 Å². The average Bonchev–Trinajstić information content (AvgIpc) is 2.85. The molecular formula is C28H30Hg2O4. The molecule has 0 N–H and O–H groups in total. The summed E-state index contributed by atoms with van der Waals surface area (Å²) < 4.78 is 13.7. The van der Waals surface area contributed by atoms with Gasteiger partial charge < -0.3 is 0 Å². The minimum absolute atomic E-state index is 0.0167. The summed E-state index contributed by atoms with van der Waals surface area (Å²) in [5.41, 5.74) is -0.276. The number of carbonyl (C=O) groups is 2. The molecule has 0 radical (unpaired) electrons. The molecule has 0 bridgehead atoms. The number of rotatable bonds is 15. The van der Waals surface area contributed by atoms with Gasteiger partial charge in [-0.15, -0.1) is 0 Å². The van der Waals surface area contributed by atoms with E-state index in [1.807, 2.05) is 91.0 Å². The predicted octanol–water partition coefficient (Wildman–Crippen LogP) is 5.00. The molecular weight excluding hydrogens is 801 g/mol. The quantitative estimate of drug-likeness (QED) is 0.188. The van der Waals surface area contributed by atoms with Crippen molar-refractivity contribution in [3.63, 3.8) is 0 Å². The fourth-order valence-corrected chi connectivity index (χ4v) is 11.1. The van der Waals surface area contributed by atoms with E-state index in [-0.39, 0.29) is 23.8 Å². The maximum absolute atomic E-state index is 13.0. The summed E-state index contributed by atoms with van der Waals surface area (Å²) in [6, 6.07) is 19.6. The first-order valence-corrected chi connectivity index (χ1v) is 21.4. The molecule has 1 unspecified atom stereocenters. The molecule has 6 heteroatoms. The molecule has 2 aromatic carbocycles. The van der Waals surface area contributed by atoms with Gasteiger partial charge in [0, 0.05) is 0 Å². The van der Waals surface area contributed by atoms with Gasteiger partial charge in [-0.3, -0.25) is 0 Å². The van der Waals surface area contributed by atoms with Crippen molar-refractivity contribution >= 4 is 18.1 Å². The molecule has 4 nitrogen and oxygen atoms in total. The van der Waals surface area contributed by atoms with E-state index in [0.717, 1.165) is 6.14 Å². The van der Waals surface area contributed by atoms with Crippen LogP contribution >= 0.6 is 0 Å². The van der Waals surface area contributed by atoms with E-state index < -0.39 is 56.0 Å². The summed E-state index contributed by atoms with van der Waals surface area (Å²) >= 11 is -4.09. The van der Waals surface area contributed by atoms with Crippen molar-refractivity contribution in [2.24, 2.45) is 11.3 Å². The fourth-order valence-electron chi connectivity index (χ4n) is 3.68. The number of benzene rings is 2. The Hall–Kier alpha value is -1.79. The van der Waals surface area contributed by atoms with Crippen LogP contribution in [0.25, 0.3) is 0 Å². The zero-order valence-corrected chi connectivity index (χ0v) is 30.7. The van der Waals surface area contributed by atoms with Crippen LogP contribution in [0, 0.1) is 11.3 Å². The van der Waals surface area contributed by atoms with Gasteiger partial charge in [0.25, 0.3) is 0 Å². The summed E-state index contributed by atoms with van der Waals surface area (Å²) in [4.78, 5) is 25.7. The van der Waals surface area contributed by atoms with Crippen LogP contribution in [0.15, 0.2) is 111 Å². The van der Waals surface area contributed by atoms with Crippen LogP contribution in [0.1, 0.15) is 25.7 Å². The van der Waals surface area contributed by atoms with Crippen LogP contribution in [0.3, 0.4) is 0 Å². The molecule has 0 aliphatic heterocycles. The van der Waals surface area contributed by atoms with E-state index in [9.17, 15) is 9.59 Å². The zero-order valence-electron chi connectivity index (χ0n) is 19.7. The Kier molecular flexibility index (Phi) is 13.4. The molecule has 1 atom stereocenters. The van der Waals surface area contributed by atoms with Crippen LogP contribution in [0.4, 0.5) is 0 Å². The monoisotopic (exact) mass is 834 g/mol. The van der Waals surface area contributed by atoms with Gasteiger partial charge in [0.05, 0.1) is 0 Å². The summed E-state index contributed by atoms with van der Waals surface area (Å²) in [6.45, 7) is 11.7. The molecule has 170 valence electrons. The third kappa shape index (κ3) is 10.2. The number of allylic oxidation sites excluding steroid dienone is 4. The molecule has 0 saturated heterocycles. The van der Waals surface area contributed by atoms with Crippen molar-refractivity contribution in [3.05, 3.63) is 111 Å². The Balaban J connectivity index is 2.16. The number of carbonyl (C=O) groups excluding carboxylic acids is 2. The SMILES string of the molecule is C=CCC(C=CC(CC(=O)[O][Hg][c]1ccccc1)C(=O)[O][Hg][c]1ccccc1)(CC=C)CC=C. The van der Waals surface area contributed by atoms with Gasteiger partial charge in [0.2, 0.25) is 0 Å². The van der Waals surface area contributed by atoms with Gasteiger partial charge in [0.15, 0.2) is 0 Å². The van der Waals surface area contributed by atoms with Crippen molar-refractivity contribution in [2.75, 3.05) is 0 Å². The van der Waals surface area contributed by atoms with E-state index in [1.165, 1.54) is 0 Å². The zero-order chi connectivity index (χ0) is 24.7. The molecule has 0 fully saturated rings. The van der Waals surface area contributed by atoms with Crippen molar-refractivity contribution in [3.8, 4) is 0 Å². The maximum atomic E-state index is 13.0. The third-order valence-electron chi connectivity index (χ3n) is 5.49. The Morgan fingerprint density at radius 1 is 0.794 bits per heavy atom. The van der Waals surface area contributed by atoms with Crippen LogP contribution in [0.2, 0.25) is 0 Å². The first kappa shape index (κ1) is 28.4. The first-order valence-electron chi connectivity index (χ1n) is 11.4. The van der Waals surface area contributed by atoms with Crippen molar-refractivity contribution < 1.29 is 64.9 Å².